The molecule has 1 amide bonds. The van der Waals surface area contributed by atoms with Gasteiger partial charge in [0.05, 0.1) is 5.56 Å². The second-order valence-electron chi connectivity index (χ2n) is 5.08. The lowest BCUT2D eigenvalue weighted by Crippen LogP contribution is -2.56. The molecule has 0 saturated heterocycles. The van der Waals surface area contributed by atoms with Crippen molar-refractivity contribution in [1.82, 2.24) is 5.32 Å². The molecule has 1 atom stereocenters. The quantitative estimate of drug-likeness (QED) is 0.636. The van der Waals surface area contributed by atoms with Gasteiger partial charge in [0.15, 0.2) is 0 Å². The first-order chi connectivity index (χ1) is 10.3. The number of carbonyl (C=O) groups is 1. The number of halogens is 1. The van der Waals surface area contributed by atoms with Crippen molar-refractivity contribution in [3.63, 3.8) is 0 Å². The smallest absolute Gasteiger partial charge is 0.393 e. The van der Waals surface area contributed by atoms with E-state index in [-0.39, 0.29) is 5.56 Å². The molecule has 0 unspecified atom stereocenters. The van der Waals surface area contributed by atoms with E-state index < -0.39 is 24.4 Å². The fourth-order valence-electron chi connectivity index (χ4n) is 2.00. The number of rotatable bonds is 4. The maximum absolute atomic E-state index is 14.1. The highest BCUT2D eigenvalue weighted by Crippen LogP contribution is 2.25. The molecule has 5 nitrogen and oxygen atoms in total. The minimum Gasteiger partial charge on any atom is -0.558 e. The second kappa shape index (κ2) is 6.27. The highest BCUT2D eigenvalue weighted by atomic mass is 19.1. The Hall–Kier alpha value is -2.22. The summed E-state index contributed by atoms with van der Waals surface area (Å²) in [4.78, 5) is 12.2. The molecular weight excluding hydrogens is 288 g/mol. The second-order valence-corrected chi connectivity index (χ2v) is 5.08. The van der Waals surface area contributed by atoms with E-state index in [1.54, 1.807) is 36.4 Å². The molecule has 0 aliphatic heterocycles. The minimum absolute atomic E-state index is 0.222. The van der Waals surface area contributed by atoms with Crippen LogP contribution in [0.2, 0.25) is 0 Å². The van der Waals surface area contributed by atoms with E-state index in [1.807, 2.05) is 0 Å². The van der Waals surface area contributed by atoms with Gasteiger partial charge in [0.25, 0.3) is 5.91 Å². The molecule has 2 rings (SSSR count). The number of hydrogen-bond donors (Lipinski definition) is 4. The molecular formula is C15H16BFNO4-. The van der Waals surface area contributed by atoms with Crippen molar-refractivity contribution < 1.29 is 24.3 Å². The van der Waals surface area contributed by atoms with E-state index in [2.05, 4.69) is 5.32 Å². The summed E-state index contributed by atoms with van der Waals surface area (Å²) in [7, 11) is 0. The van der Waals surface area contributed by atoms with E-state index in [0.717, 1.165) is 6.07 Å². The highest BCUT2D eigenvalue weighted by molar-refractivity contribution is 6.58. The molecule has 0 fully saturated rings. The molecule has 0 radical (unpaired) electrons. The molecule has 22 heavy (non-hydrogen) atoms. The molecule has 0 spiro atoms. The molecule has 2 aromatic rings. The third-order valence-corrected chi connectivity index (χ3v) is 3.36. The minimum atomic E-state index is -3.74. The molecule has 0 bridgehead atoms. The van der Waals surface area contributed by atoms with Gasteiger partial charge >= 0.3 is 6.75 Å². The van der Waals surface area contributed by atoms with E-state index in [4.69, 9.17) is 15.1 Å². The normalized spacial score (nSPS) is 12.8. The summed E-state index contributed by atoms with van der Waals surface area (Å²) in [5, 5.41) is 29.5. The van der Waals surface area contributed by atoms with Crippen molar-refractivity contribution in [3.8, 4) is 11.1 Å². The lowest BCUT2D eigenvalue weighted by atomic mass is 9.71. The van der Waals surface area contributed by atoms with Crippen LogP contribution in [0.3, 0.4) is 0 Å². The van der Waals surface area contributed by atoms with Gasteiger partial charge in [0.1, 0.15) is 5.82 Å². The first kappa shape index (κ1) is 16.2. The number of hydrogen-bond acceptors (Lipinski definition) is 4. The summed E-state index contributed by atoms with van der Waals surface area (Å²) in [5.41, 5.74) is 0.798. The highest BCUT2D eigenvalue weighted by Gasteiger charge is 2.28. The number of nitrogens with one attached hydrogen (secondary N) is 1. The Bertz CT molecular complexity index is 673. The number of amides is 1. The van der Waals surface area contributed by atoms with Crippen molar-refractivity contribution in [2.24, 2.45) is 0 Å². The first-order valence-electron chi connectivity index (χ1n) is 6.77. The molecule has 0 aromatic heterocycles. The van der Waals surface area contributed by atoms with Gasteiger partial charge in [0, 0.05) is 0 Å². The summed E-state index contributed by atoms with van der Waals surface area (Å²) in [6.07, 6.45) is 0. The molecule has 0 saturated carbocycles. The van der Waals surface area contributed by atoms with Crippen LogP contribution in [-0.4, -0.2) is 33.7 Å². The van der Waals surface area contributed by atoms with Gasteiger partial charge in [-0.25, -0.2) is 4.39 Å². The van der Waals surface area contributed by atoms with Crippen LogP contribution in [0, 0.1) is 5.82 Å². The summed E-state index contributed by atoms with van der Waals surface area (Å²) in [6.45, 7) is -2.53. The molecule has 7 heteroatoms. The molecule has 0 aliphatic carbocycles. The predicted octanol–water partition coefficient (Wildman–Crippen LogP) is 1.07. The van der Waals surface area contributed by atoms with Gasteiger partial charge < -0.3 is 20.4 Å². The van der Waals surface area contributed by atoms with Crippen LogP contribution in [-0.2, 0) is 0 Å². The van der Waals surface area contributed by atoms with Crippen LogP contribution in [0.25, 0.3) is 11.1 Å². The zero-order valence-corrected chi connectivity index (χ0v) is 11.9. The van der Waals surface area contributed by atoms with Crippen LogP contribution in [0.1, 0.15) is 17.3 Å². The third-order valence-electron chi connectivity index (χ3n) is 3.36. The first-order valence-corrected chi connectivity index (χ1v) is 6.77. The van der Waals surface area contributed by atoms with E-state index in [9.17, 15) is 9.18 Å². The average Bonchev–Trinajstić information content (AvgIpc) is 2.46. The van der Waals surface area contributed by atoms with E-state index in [0.29, 0.717) is 11.1 Å². The topological polar surface area (TPSA) is 89.8 Å². The van der Waals surface area contributed by atoms with Crippen LogP contribution in [0.15, 0.2) is 48.5 Å². The predicted molar refractivity (Wildman–Crippen MR) is 81.2 cm³/mol. The number of carbonyl (C=O) groups excluding carboxylic acids is 1. The summed E-state index contributed by atoms with van der Waals surface area (Å²) in [6, 6.07) is 13.0. The zero-order chi connectivity index (χ0) is 16.3. The standard InChI is InChI=1S/C15H16BFNO4/c1-10(16(20,21)22)18-15(19)14-12(8-5-9-13(14)17)11-6-3-2-4-7-11/h2-10,20-22H,1H3,(H,18,19)/q-1/t10-/m1/s1. The Kier molecular flexibility index (Phi) is 4.61. The van der Waals surface area contributed by atoms with Crippen molar-refractivity contribution >= 4 is 12.7 Å². The van der Waals surface area contributed by atoms with Crippen LogP contribution >= 0.6 is 0 Å². The van der Waals surface area contributed by atoms with Crippen molar-refractivity contribution in [1.29, 1.82) is 0 Å². The SMILES string of the molecule is C[C@@H](NC(=O)c1c(F)cccc1-c1ccccc1)[B-](O)(O)O. The Labute approximate surface area is 127 Å². The average molecular weight is 304 g/mol. The Morgan fingerprint density at radius 3 is 2.32 bits per heavy atom. The molecule has 0 heterocycles. The van der Waals surface area contributed by atoms with Gasteiger partial charge in [0.2, 0.25) is 0 Å². The Morgan fingerprint density at radius 1 is 1.09 bits per heavy atom. The lowest BCUT2D eigenvalue weighted by molar-refractivity contribution is 0.0925. The van der Waals surface area contributed by atoms with Gasteiger partial charge in [-0.05, 0) is 23.1 Å². The molecule has 2 aromatic carbocycles. The number of benzene rings is 2. The summed E-state index contributed by atoms with van der Waals surface area (Å²) >= 11 is 0. The van der Waals surface area contributed by atoms with Crippen LogP contribution in [0.4, 0.5) is 4.39 Å². The Balaban J connectivity index is 2.41. The van der Waals surface area contributed by atoms with Crippen molar-refractivity contribution in [2.75, 3.05) is 0 Å². The monoisotopic (exact) mass is 304 g/mol. The third kappa shape index (κ3) is 3.51. The molecule has 116 valence electrons. The lowest BCUT2D eigenvalue weighted by Gasteiger charge is -2.29. The van der Waals surface area contributed by atoms with Gasteiger partial charge in [-0.15, -0.1) is 0 Å². The van der Waals surface area contributed by atoms with Gasteiger partial charge in [-0.1, -0.05) is 49.4 Å². The molecule has 4 N–H and O–H groups in total. The van der Waals surface area contributed by atoms with E-state index in [1.165, 1.54) is 13.0 Å². The largest absolute Gasteiger partial charge is 0.558 e. The van der Waals surface area contributed by atoms with Crippen LogP contribution < -0.4 is 5.32 Å². The van der Waals surface area contributed by atoms with Gasteiger partial charge in [-0.2, -0.15) is 0 Å². The maximum atomic E-state index is 14.1. The summed E-state index contributed by atoms with van der Waals surface area (Å²) in [5.74, 6) is -2.92. The maximum Gasteiger partial charge on any atom is 0.393 e. The summed E-state index contributed by atoms with van der Waals surface area (Å²) < 4.78 is 14.1. The Morgan fingerprint density at radius 2 is 1.73 bits per heavy atom. The fraction of sp³-hybridized carbons (Fsp3) is 0.133. The zero-order valence-electron chi connectivity index (χ0n) is 11.9. The van der Waals surface area contributed by atoms with Crippen molar-refractivity contribution in [3.05, 3.63) is 59.9 Å². The van der Waals surface area contributed by atoms with Crippen LogP contribution in [0.5, 0.6) is 0 Å². The van der Waals surface area contributed by atoms with Crippen molar-refractivity contribution in [2.45, 2.75) is 12.9 Å². The van der Waals surface area contributed by atoms with E-state index >= 15 is 0 Å². The van der Waals surface area contributed by atoms with Gasteiger partial charge in [-0.3, -0.25) is 4.79 Å². The fourth-order valence-corrected chi connectivity index (χ4v) is 2.00. The molecule has 0 aliphatic rings.